The second kappa shape index (κ2) is 12.2. The molecule has 1 unspecified atom stereocenters. The van der Waals surface area contributed by atoms with Gasteiger partial charge in [0.2, 0.25) is 0 Å². The standard InChI is InChI=1S/C29H25Cl2FO4/c1-34-18-36-27-12-9-21(14-22(27)13-19-7-10-23(32)11-8-19)29(33)28-25(30)15-24(16-26(28)31)35-17-20-5-3-2-4-6-20/h2-12,14-16,29,33H,13,17-18H2,1H3. The van der Waals surface area contributed by atoms with Gasteiger partial charge in [-0.15, -0.1) is 0 Å². The van der Waals surface area contributed by atoms with E-state index < -0.39 is 6.10 Å². The fraction of sp³-hybridized carbons (Fsp3) is 0.172. The molecule has 1 atom stereocenters. The van der Waals surface area contributed by atoms with Crippen LogP contribution in [0, 0.1) is 5.82 Å². The number of aliphatic hydroxyl groups excluding tert-OH is 1. The maximum absolute atomic E-state index is 13.4. The van der Waals surface area contributed by atoms with Crippen LogP contribution < -0.4 is 9.47 Å². The third-order valence-electron chi connectivity index (χ3n) is 5.61. The summed E-state index contributed by atoms with van der Waals surface area (Å²) in [5, 5.41) is 11.8. The molecule has 7 heteroatoms. The van der Waals surface area contributed by atoms with Crippen molar-refractivity contribution in [1.29, 1.82) is 0 Å². The van der Waals surface area contributed by atoms with Crippen LogP contribution in [-0.2, 0) is 17.8 Å². The second-order valence-corrected chi connectivity index (χ2v) is 9.01. The molecule has 0 aromatic heterocycles. The van der Waals surface area contributed by atoms with Crippen molar-refractivity contribution in [2.75, 3.05) is 13.9 Å². The lowest BCUT2D eigenvalue weighted by molar-refractivity contribution is 0.0504. The topological polar surface area (TPSA) is 47.9 Å². The smallest absolute Gasteiger partial charge is 0.188 e. The summed E-state index contributed by atoms with van der Waals surface area (Å²) in [5.74, 6) is 0.795. The second-order valence-electron chi connectivity index (χ2n) is 8.20. The lowest BCUT2D eigenvalue weighted by Crippen LogP contribution is -2.06. The zero-order valence-electron chi connectivity index (χ0n) is 19.6. The van der Waals surface area contributed by atoms with E-state index in [9.17, 15) is 9.50 Å². The Morgan fingerprint density at radius 1 is 0.833 bits per heavy atom. The van der Waals surface area contributed by atoms with E-state index in [0.717, 1.165) is 16.7 Å². The molecular weight excluding hydrogens is 502 g/mol. The van der Waals surface area contributed by atoms with Gasteiger partial charge in [0, 0.05) is 19.1 Å². The largest absolute Gasteiger partial charge is 0.489 e. The van der Waals surface area contributed by atoms with Gasteiger partial charge in [-0.05, 0) is 58.7 Å². The number of hydrogen-bond donors (Lipinski definition) is 1. The van der Waals surface area contributed by atoms with Gasteiger partial charge < -0.3 is 19.3 Å². The maximum atomic E-state index is 13.4. The lowest BCUT2D eigenvalue weighted by Gasteiger charge is -2.19. The van der Waals surface area contributed by atoms with Gasteiger partial charge in [-0.2, -0.15) is 0 Å². The molecule has 0 saturated heterocycles. The Morgan fingerprint density at radius 2 is 1.53 bits per heavy atom. The minimum atomic E-state index is -1.09. The first kappa shape index (κ1) is 26.0. The lowest BCUT2D eigenvalue weighted by atomic mass is 9.96. The SMILES string of the molecule is COCOc1ccc(C(O)c2c(Cl)cc(OCc3ccccc3)cc2Cl)cc1Cc1ccc(F)cc1. The van der Waals surface area contributed by atoms with Crippen LogP contribution in [0.2, 0.25) is 10.0 Å². The van der Waals surface area contributed by atoms with Crippen LogP contribution in [0.3, 0.4) is 0 Å². The first-order valence-electron chi connectivity index (χ1n) is 11.3. The molecule has 4 aromatic rings. The quantitative estimate of drug-likeness (QED) is 0.219. The van der Waals surface area contributed by atoms with E-state index in [4.69, 9.17) is 37.4 Å². The molecule has 0 heterocycles. The molecule has 4 rings (SSSR count). The van der Waals surface area contributed by atoms with Crippen LogP contribution in [-0.4, -0.2) is 19.0 Å². The maximum Gasteiger partial charge on any atom is 0.188 e. The number of hydrogen-bond acceptors (Lipinski definition) is 4. The highest BCUT2D eigenvalue weighted by Crippen LogP contribution is 2.38. The van der Waals surface area contributed by atoms with E-state index in [1.807, 2.05) is 36.4 Å². The molecule has 4 aromatic carbocycles. The Hall–Kier alpha value is -3.09. The first-order valence-corrected chi connectivity index (χ1v) is 12.0. The number of methoxy groups -OCH3 is 1. The van der Waals surface area contributed by atoms with Crippen molar-refractivity contribution in [3.63, 3.8) is 0 Å². The molecule has 0 aliphatic rings. The van der Waals surface area contributed by atoms with E-state index >= 15 is 0 Å². The minimum Gasteiger partial charge on any atom is -0.489 e. The molecule has 0 spiro atoms. The molecule has 0 amide bonds. The molecule has 0 aliphatic heterocycles. The summed E-state index contributed by atoms with van der Waals surface area (Å²) < 4.78 is 29.9. The molecular formula is C29H25Cl2FO4. The highest BCUT2D eigenvalue weighted by Gasteiger charge is 2.21. The van der Waals surface area contributed by atoms with Crippen LogP contribution >= 0.6 is 23.2 Å². The summed E-state index contributed by atoms with van der Waals surface area (Å²) in [6.07, 6.45) is -0.621. The van der Waals surface area contributed by atoms with E-state index in [1.165, 1.54) is 19.2 Å². The number of benzene rings is 4. The summed E-state index contributed by atoms with van der Waals surface area (Å²) in [6.45, 7) is 0.436. The molecule has 0 aliphatic carbocycles. The molecule has 1 N–H and O–H groups in total. The molecule has 36 heavy (non-hydrogen) atoms. The van der Waals surface area contributed by atoms with Crippen LogP contribution in [0.25, 0.3) is 0 Å². The third-order valence-corrected chi connectivity index (χ3v) is 6.24. The molecule has 4 nitrogen and oxygen atoms in total. The average Bonchev–Trinajstić information content (AvgIpc) is 2.88. The Bertz CT molecular complexity index is 1270. The van der Waals surface area contributed by atoms with Crippen molar-refractivity contribution < 1.29 is 23.7 Å². The molecule has 0 radical (unpaired) electrons. The van der Waals surface area contributed by atoms with Crippen molar-refractivity contribution in [2.24, 2.45) is 0 Å². The fourth-order valence-corrected chi connectivity index (χ4v) is 4.48. The van der Waals surface area contributed by atoms with Crippen molar-refractivity contribution in [3.8, 4) is 11.5 Å². The first-order chi connectivity index (χ1) is 17.4. The predicted octanol–water partition coefficient (Wildman–Crippen LogP) is 7.37. The zero-order chi connectivity index (χ0) is 25.5. The van der Waals surface area contributed by atoms with E-state index in [2.05, 4.69) is 0 Å². The van der Waals surface area contributed by atoms with Gasteiger partial charge in [0.1, 0.15) is 30.0 Å². The van der Waals surface area contributed by atoms with Crippen molar-refractivity contribution in [3.05, 3.63) is 129 Å². The number of aliphatic hydroxyl groups is 1. The molecule has 0 saturated carbocycles. The van der Waals surface area contributed by atoms with Gasteiger partial charge in [-0.1, -0.05) is 71.7 Å². The van der Waals surface area contributed by atoms with Crippen molar-refractivity contribution >= 4 is 23.2 Å². The van der Waals surface area contributed by atoms with E-state index in [-0.39, 0.29) is 22.7 Å². The van der Waals surface area contributed by atoms with Crippen molar-refractivity contribution in [1.82, 2.24) is 0 Å². The van der Waals surface area contributed by atoms with Crippen molar-refractivity contribution in [2.45, 2.75) is 19.1 Å². The van der Waals surface area contributed by atoms with E-state index in [0.29, 0.717) is 35.7 Å². The van der Waals surface area contributed by atoms with Gasteiger partial charge in [-0.25, -0.2) is 4.39 Å². The van der Waals surface area contributed by atoms with Crippen LogP contribution in [0.5, 0.6) is 11.5 Å². The molecule has 186 valence electrons. The molecule has 0 bridgehead atoms. The van der Waals surface area contributed by atoms with Gasteiger partial charge in [-0.3, -0.25) is 0 Å². The highest BCUT2D eigenvalue weighted by atomic mass is 35.5. The monoisotopic (exact) mass is 526 g/mol. The normalized spacial score (nSPS) is 11.8. The number of halogens is 3. The highest BCUT2D eigenvalue weighted by molar-refractivity contribution is 6.36. The summed E-state index contributed by atoms with van der Waals surface area (Å²) in [6, 6.07) is 24.6. The predicted molar refractivity (Wildman–Crippen MR) is 139 cm³/mol. The van der Waals surface area contributed by atoms with Gasteiger partial charge in [0.15, 0.2) is 6.79 Å². The number of rotatable bonds is 10. The summed E-state index contributed by atoms with van der Waals surface area (Å²) in [5.41, 5.74) is 3.66. The van der Waals surface area contributed by atoms with Gasteiger partial charge in [0.05, 0.1) is 10.0 Å². The Balaban J connectivity index is 1.59. The number of ether oxygens (including phenoxy) is 3. The fourth-order valence-electron chi connectivity index (χ4n) is 3.81. The van der Waals surface area contributed by atoms with E-state index in [1.54, 1.807) is 36.4 Å². The third kappa shape index (κ3) is 6.56. The van der Waals surface area contributed by atoms with Crippen LogP contribution in [0.1, 0.15) is 33.9 Å². The average molecular weight is 527 g/mol. The Kier molecular flexibility index (Phi) is 8.83. The summed E-state index contributed by atoms with van der Waals surface area (Å²) in [7, 11) is 1.54. The van der Waals surface area contributed by atoms with Gasteiger partial charge >= 0.3 is 0 Å². The van der Waals surface area contributed by atoms with Crippen LogP contribution in [0.15, 0.2) is 84.9 Å². The minimum absolute atomic E-state index is 0.0699. The summed E-state index contributed by atoms with van der Waals surface area (Å²) >= 11 is 13.1. The zero-order valence-corrected chi connectivity index (χ0v) is 21.1. The Labute approximate surface area is 219 Å². The van der Waals surface area contributed by atoms with Crippen LogP contribution in [0.4, 0.5) is 4.39 Å². The Morgan fingerprint density at radius 3 is 2.19 bits per heavy atom. The molecule has 0 fully saturated rings. The van der Waals surface area contributed by atoms with Gasteiger partial charge in [0.25, 0.3) is 0 Å². The summed E-state index contributed by atoms with van der Waals surface area (Å²) in [4.78, 5) is 0.